The monoisotopic (exact) mass is 351 g/mol. The fraction of sp³-hybridized carbons (Fsp3) is 0.125. The van der Waals surface area contributed by atoms with Gasteiger partial charge in [0.2, 0.25) is 10.0 Å². The van der Waals surface area contributed by atoms with Gasteiger partial charge in [-0.05, 0) is 48.9 Å². The molecule has 3 aromatic rings. The predicted molar refractivity (Wildman–Crippen MR) is 86.6 cm³/mol. The van der Waals surface area contributed by atoms with E-state index >= 15 is 0 Å². The van der Waals surface area contributed by atoms with Crippen molar-refractivity contribution in [2.24, 2.45) is 0 Å². The van der Waals surface area contributed by atoms with Gasteiger partial charge < -0.3 is 8.83 Å². The predicted octanol–water partition coefficient (Wildman–Crippen LogP) is 3.98. The summed E-state index contributed by atoms with van der Waals surface area (Å²) >= 11 is 5.98. The van der Waals surface area contributed by atoms with Gasteiger partial charge in [0.25, 0.3) is 0 Å². The van der Waals surface area contributed by atoms with E-state index in [1.807, 2.05) is 0 Å². The third kappa shape index (κ3) is 3.34. The summed E-state index contributed by atoms with van der Waals surface area (Å²) in [6.45, 7) is 1.70. The number of benzene rings is 1. The Balaban J connectivity index is 1.76. The molecule has 0 aliphatic rings. The van der Waals surface area contributed by atoms with E-state index in [1.54, 1.807) is 49.6 Å². The van der Waals surface area contributed by atoms with Crippen molar-refractivity contribution < 1.29 is 17.3 Å². The Morgan fingerprint density at radius 2 is 1.91 bits per heavy atom. The van der Waals surface area contributed by atoms with E-state index in [4.69, 9.17) is 20.4 Å². The molecule has 0 unspecified atom stereocenters. The highest BCUT2D eigenvalue weighted by Crippen LogP contribution is 2.24. The zero-order valence-electron chi connectivity index (χ0n) is 12.2. The number of hydrogen-bond acceptors (Lipinski definition) is 4. The summed E-state index contributed by atoms with van der Waals surface area (Å²) in [6.07, 6.45) is 1.54. The molecular formula is C16H14ClNO4S. The molecule has 0 amide bonds. The van der Waals surface area contributed by atoms with Gasteiger partial charge >= 0.3 is 0 Å². The Hall–Kier alpha value is -2.02. The highest BCUT2D eigenvalue weighted by Gasteiger charge is 2.18. The Morgan fingerprint density at radius 3 is 2.65 bits per heavy atom. The highest BCUT2D eigenvalue weighted by molar-refractivity contribution is 7.89. The van der Waals surface area contributed by atoms with E-state index < -0.39 is 10.0 Å². The van der Waals surface area contributed by atoms with Crippen LogP contribution in [0.15, 0.2) is 62.5 Å². The molecule has 1 N–H and O–H groups in total. The van der Waals surface area contributed by atoms with Gasteiger partial charge in [0.1, 0.15) is 5.76 Å². The minimum Gasteiger partial charge on any atom is -0.461 e. The van der Waals surface area contributed by atoms with Crippen molar-refractivity contribution in [3.63, 3.8) is 0 Å². The first-order valence-electron chi connectivity index (χ1n) is 6.85. The van der Waals surface area contributed by atoms with Crippen LogP contribution in [0, 0.1) is 6.92 Å². The summed E-state index contributed by atoms with van der Waals surface area (Å²) in [4.78, 5) is 0.155. The minimum atomic E-state index is -3.67. The molecule has 2 aromatic heterocycles. The van der Waals surface area contributed by atoms with Crippen LogP contribution in [0.25, 0.3) is 11.5 Å². The molecule has 0 fully saturated rings. The standard InChI is InChI=1S/C16H14ClNO4S/c1-11-13(17)4-2-6-16(11)23(19,20)18-10-12-7-8-15(22-12)14-5-3-9-21-14/h2-9,18H,10H2,1H3. The molecule has 5 nitrogen and oxygen atoms in total. The number of rotatable bonds is 5. The molecule has 3 rings (SSSR count). The largest absolute Gasteiger partial charge is 0.461 e. The van der Waals surface area contributed by atoms with Crippen molar-refractivity contribution in [3.8, 4) is 11.5 Å². The third-order valence-electron chi connectivity index (χ3n) is 3.37. The molecule has 0 aliphatic heterocycles. The normalized spacial score (nSPS) is 11.7. The summed E-state index contributed by atoms with van der Waals surface area (Å²) in [6, 6.07) is 11.7. The fourth-order valence-electron chi connectivity index (χ4n) is 2.15. The van der Waals surface area contributed by atoms with E-state index in [9.17, 15) is 8.42 Å². The van der Waals surface area contributed by atoms with Crippen molar-refractivity contribution in [1.82, 2.24) is 4.72 Å². The Bertz CT molecular complexity index is 913. The maximum atomic E-state index is 12.4. The second-order valence-corrected chi connectivity index (χ2v) is 7.07. The molecule has 0 aliphatic carbocycles. The SMILES string of the molecule is Cc1c(Cl)cccc1S(=O)(=O)NCc1ccc(-c2ccco2)o1. The molecular weight excluding hydrogens is 338 g/mol. The van der Waals surface area contributed by atoms with Gasteiger partial charge in [-0.3, -0.25) is 0 Å². The van der Waals surface area contributed by atoms with Crippen molar-refractivity contribution in [2.75, 3.05) is 0 Å². The van der Waals surface area contributed by atoms with Gasteiger partial charge in [-0.15, -0.1) is 0 Å². The lowest BCUT2D eigenvalue weighted by molar-refractivity contribution is 0.485. The maximum Gasteiger partial charge on any atom is 0.241 e. The van der Waals surface area contributed by atoms with Gasteiger partial charge in [0, 0.05) is 5.02 Å². The molecule has 23 heavy (non-hydrogen) atoms. The lowest BCUT2D eigenvalue weighted by atomic mass is 10.2. The molecule has 1 aromatic carbocycles. The van der Waals surface area contributed by atoms with Crippen molar-refractivity contribution in [3.05, 3.63) is 65.1 Å². The minimum absolute atomic E-state index is 0.0367. The Morgan fingerprint density at radius 1 is 1.09 bits per heavy atom. The van der Waals surface area contributed by atoms with Gasteiger partial charge in [-0.2, -0.15) is 0 Å². The average Bonchev–Trinajstić information content (AvgIpc) is 3.18. The number of nitrogens with one attached hydrogen (secondary N) is 1. The molecule has 120 valence electrons. The Labute approximate surface area is 138 Å². The van der Waals surface area contributed by atoms with Crippen LogP contribution in [0.4, 0.5) is 0 Å². The van der Waals surface area contributed by atoms with Crippen LogP contribution < -0.4 is 4.72 Å². The molecule has 7 heteroatoms. The highest BCUT2D eigenvalue weighted by atomic mass is 35.5. The average molecular weight is 352 g/mol. The first kappa shape index (κ1) is 15.9. The topological polar surface area (TPSA) is 72.5 Å². The molecule has 0 saturated carbocycles. The van der Waals surface area contributed by atoms with Crippen LogP contribution in [-0.2, 0) is 16.6 Å². The van der Waals surface area contributed by atoms with E-state index in [2.05, 4.69) is 4.72 Å². The number of sulfonamides is 1. The molecule has 0 radical (unpaired) electrons. The number of hydrogen-bond donors (Lipinski definition) is 1. The second-order valence-electron chi connectivity index (χ2n) is 4.93. The zero-order valence-corrected chi connectivity index (χ0v) is 13.8. The first-order valence-corrected chi connectivity index (χ1v) is 8.71. The maximum absolute atomic E-state index is 12.4. The summed E-state index contributed by atoms with van der Waals surface area (Å²) in [5.41, 5.74) is 0.511. The third-order valence-corrected chi connectivity index (χ3v) is 5.32. The fourth-order valence-corrected chi connectivity index (χ4v) is 3.64. The molecule has 0 spiro atoms. The van der Waals surface area contributed by atoms with Crippen LogP contribution in [0.1, 0.15) is 11.3 Å². The summed E-state index contributed by atoms with van der Waals surface area (Å²) in [5.74, 6) is 1.62. The van der Waals surface area contributed by atoms with Crippen LogP contribution in [0.5, 0.6) is 0 Å². The van der Waals surface area contributed by atoms with Crippen LogP contribution in [0.3, 0.4) is 0 Å². The summed E-state index contributed by atoms with van der Waals surface area (Å²) in [7, 11) is -3.67. The van der Waals surface area contributed by atoms with Crippen molar-refractivity contribution in [1.29, 1.82) is 0 Å². The molecule has 0 saturated heterocycles. The lowest BCUT2D eigenvalue weighted by Gasteiger charge is -2.09. The quantitative estimate of drug-likeness (QED) is 0.754. The van der Waals surface area contributed by atoms with Gasteiger partial charge in [-0.25, -0.2) is 13.1 Å². The van der Waals surface area contributed by atoms with E-state index in [1.165, 1.54) is 6.07 Å². The number of furan rings is 2. The van der Waals surface area contributed by atoms with E-state index in [0.717, 1.165) is 0 Å². The first-order chi connectivity index (χ1) is 11.0. The lowest BCUT2D eigenvalue weighted by Crippen LogP contribution is -2.23. The van der Waals surface area contributed by atoms with Gasteiger partial charge in [0.15, 0.2) is 11.5 Å². The van der Waals surface area contributed by atoms with Crippen molar-refractivity contribution in [2.45, 2.75) is 18.4 Å². The number of halogens is 1. The molecule has 0 bridgehead atoms. The Kier molecular flexibility index (Phi) is 4.30. The van der Waals surface area contributed by atoms with E-state index in [-0.39, 0.29) is 11.4 Å². The smallest absolute Gasteiger partial charge is 0.241 e. The summed E-state index contributed by atoms with van der Waals surface area (Å²) < 4.78 is 38.1. The van der Waals surface area contributed by atoms with Crippen LogP contribution in [-0.4, -0.2) is 8.42 Å². The molecule has 0 atom stereocenters. The van der Waals surface area contributed by atoms with Crippen molar-refractivity contribution >= 4 is 21.6 Å². The zero-order chi connectivity index (χ0) is 16.4. The van der Waals surface area contributed by atoms with Gasteiger partial charge in [0.05, 0.1) is 17.7 Å². The molecule has 2 heterocycles. The summed E-state index contributed by atoms with van der Waals surface area (Å²) in [5, 5.41) is 0.408. The van der Waals surface area contributed by atoms with E-state index in [0.29, 0.717) is 27.9 Å². The second kappa shape index (κ2) is 6.23. The van der Waals surface area contributed by atoms with Crippen LogP contribution >= 0.6 is 11.6 Å². The van der Waals surface area contributed by atoms with Gasteiger partial charge in [-0.1, -0.05) is 17.7 Å². The van der Waals surface area contributed by atoms with Crippen LogP contribution in [0.2, 0.25) is 5.02 Å².